The van der Waals surface area contributed by atoms with Gasteiger partial charge in [0.2, 0.25) is 0 Å². The molecule has 0 amide bonds. The van der Waals surface area contributed by atoms with Crippen molar-refractivity contribution >= 4 is 5.97 Å². The molecular formula is C20H25NO2. The molecule has 2 rings (SSSR count). The largest absolute Gasteiger partial charge is 0.461 e. The molecule has 0 aliphatic carbocycles. The van der Waals surface area contributed by atoms with E-state index in [0.717, 1.165) is 11.1 Å². The lowest BCUT2D eigenvalue weighted by Crippen LogP contribution is -2.34. The van der Waals surface area contributed by atoms with Gasteiger partial charge in [-0.25, -0.2) is 0 Å². The van der Waals surface area contributed by atoms with E-state index in [1.165, 1.54) is 0 Å². The van der Waals surface area contributed by atoms with Gasteiger partial charge in [-0.1, -0.05) is 74.5 Å². The van der Waals surface area contributed by atoms with Crippen LogP contribution >= 0.6 is 0 Å². The molecule has 0 spiro atoms. The van der Waals surface area contributed by atoms with Gasteiger partial charge in [0.05, 0.1) is 0 Å². The Hall–Kier alpha value is -2.13. The molecule has 0 unspecified atom stereocenters. The number of rotatable bonds is 7. The predicted molar refractivity (Wildman–Crippen MR) is 93.4 cm³/mol. The maximum absolute atomic E-state index is 12.7. The molecule has 2 aromatic carbocycles. The topological polar surface area (TPSA) is 38.3 Å². The third-order valence-electron chi connectivity index (χ3n) is 3.63. The predicted octanol–water partition coefficient (Wildman–Crippen LogP) is 3.75. The van der Waals surface area contributed by atoms with Crippen LogP contribution in [0.4, 0.5) is 0 Å². The van der Waals surface area contributed by atoms with E-state index in [9.17, 15) is 4.79 Å². The van der Waals surface area contributed by atoms with Gasteiger partial charge in [0.1, 0.15) is 12.0 Å². The Labute approximate surface area is 138 Å². The van der Waals surface area contributed by atoms with E-state index in [-0.39, 0.29) is 18.0 Å². The summed E-state index contributed by atoms with van der Waals surface area (Å²) in [4.78, 5) is 12.7. The quantitative estimate of drug-likeness (QED) is 0.792. The fourth-order valence-electron chi connectivity index (χ4n) is 2.47. The first kappa shape index (κ1) is 17.2. The molecule has 3 nitrogen and oxygen atoms in total. The highest BCUT2D eigenvalue weighted by atomic mass is 16.5. The van der Waals surface area contributed by atoms with Crippen molar-refractivity contribution in [1.82, 2.24) is 5.32 Å². The highest BCUT2D eigenvalue weighted by molar-refractivity contribution is 5.82. The summed E-state index contributed by atoms with van der Waals surface area (Å²) in [6.45, 7) is 6.72. The molecule has 0 radical (unpaired) electrons. The van der Waals surface area contributed by atoms with Crippen LogP contribution in [0.25, 0.3) is 0 Å². The third-order valence-corrected chi connectivity index (χ3v) is 3.63. The van der Waals surface area contributed by atoms with Gasteiger partial charge in [-0.3, -0.25) is 4.79 Å². The number of carbonyl (C=O) groups excluding carboxylic acids is 1. The average Bonchev–Trinajstić information content (AvgIpc) is 2.55. The minimum Gasteiger partial charge on any atom is -0.461 e. The molecule has 122 valence electrons. The Morgan fingerprint density at radius 3 is 1.83 bits per heavy atom. The summed E-state index contributed by atoms with van der Waals surface area (Å²) < 4.78 is 5.67. The molecule has 2 aromatic rings. The van der Waals surface area contributed by atoms with Gasteiger partial charge in [-0.05, 0) is 18.1 Å². The first-order chi connectivity index (χ1) is 11.1. The van der Waals surface area contributed by atoms with Gasteiger partial charge in [0, 0.05) is 12.6 Å². The fraction of sp³-hybridized carbons (Fsp3) is 0.350. The second kappa shape index (κ2) is 8.49. The zero-order valence-electron chi connectivity index (χ0n) is 14.0. The van der Waals surface area contributed by atoms with E-state index in [1.54, 1.807) is 0 Å². The molecule has 23 heavy (non-hydrogen) atoms. The standard InChI is InChI=1S/C20H25NO2/c1-15(2)21-14-16(3)23-20(22)19(17-10-6-4-7-11-17)18-12-8-5-9-13-18/h4-13,15-16,19,21H,14H2,1-3H3/t16-/m0/s1. The van der Waals surface area contributed by atoms with Gasteiger partial charge in [0.15, 0.2) is 0 Å². The Morgan fingerprint density at radius 2 is 1.39 bits per heavy atom. The van der Waals surface area contributed by atoms with E-state index in [1.807, 2.05) is 67.6 Å². The average molecular weight is 311 g/mol. The minimum atomic E-state index is -0.390. The summed E-state index contributed by atoms with van der Waals surface area (Å²) >= 11 is 0. The van der Waals surface area contributed by atoms with Gasteiger partial charge < -0.3 is 10.1 Å². The second-order valence-corrected chi connectivity index (χ2v) is 6.06. The highest BCUT2D eigenvalue weighted by Gasteiger charge is 2.25. The van der Waals surface area contributed by atoms with E-state index in [2.05, 4.69) is 19.2 Å². The van der Waals surface area contributed by atoms with Gasteiger partial charge in [-0.2, -0.15) is 0 Å². The molecule has 0 bridgehead atoms. The highest BCUT2D eigenvalue weighted by Crippen LogP contribution is 2.26. The zero-order valence-corrected chi connectivity index (χ0v) is 14.0. The van der Waals surface area contributed by atoms with Crippen molar-refractivity contribution in [2.75, 3.05) is 6.54 Å². The van der Waals surface area contributed by atoms with Gasteiger partial charge in [0.25, 0.3) is 0 Å². The van der Waals surface area contributed by atoms with Crippen LogP contribution in [0.15, 0.2) is 60.7 Å². The smallest absolute Gasteiger partial charge is 0.318 e. The second-order valence-electron chi connectivity index (χ2n) is 6.06. The first-order valence-corrected chi connectivity index (χ1v) is 8.11. The number of hydrogen-bond donors (Lipinski definition) is 1. The van der Waals surface area contributed by atoms with Gasteiger partial charge >= 0.3 is 5.97 Å². The number of hydrogen-bond acceptors (Lipinski definition) is 3. The number of benzene rings is 2. The molecule has 0 heterocycles. The van der Waals surface area contributed by atoms with E-state index < -0.39 is 0 Å². The lowest BCUT2D eigenvalue weighted by molar-refractivity contribution is -0.148. The van der Waals surface area contributed by atoms with Crippen molar-refractivity contribution in [3.63, 3.8) is 0 Å². The minimum absolute atomic E-state index is 0.167. The fourth-order valence-corrected chi connectivity index (χ4v) is 2.47. The summed E-state index contributed by atoms with van der Waals surface area (Å²) in [5.41, 5.74) is 1.90. The van der Waals surface area contributed by atoms with Crippen LogP contribution in [-0.4, -0.2) is 24.7 Å². The lowest BCUT2D eigenvalue weighted by atomic mass is 9.91. The maximum atomic E-state index is 12.7. The Morgan fingerprint density at radius 1 is 0.913 bits per heavy atom. The molecule has 3 heteroatoms. The van der Waals surface area contributed by atoms with Crippen LogP contribution in [-0.2, 0) is 9.53 Å². The SMILES string of the molecule is CC(C)NC[C@H](C)OC(=O)C(c1ccccc1)c1ccccc1. The molecule has 0 aliphatic rings. The summed E-state index contributed by atoms with van der Waals surface area (Å²) in [5.74, 6) is -0.598. The van der Waals surface area contributed by atoms with Crippen molar-refractivity contribution in [2.24, 2.45) is 0 Å². The molecule has 0 aromatic heterocycles. The number of carbonyl (C=O) groups is 1. The van der Waals surface area contributed by atoms with Crippen LogP contribution in [0, 0.1) is 0 Å². The van der Waals surface area contributed by atoms with Crippen molar-refractivity contribution in [3.05, 3.63) is 71.8 Å². The Kier molecular flexibility index (Phi) is 6.36. The first-order valence-electron chi connectivity index (χ1n) is 8.11. The number of esters is 1. The summed E-state index contributed by atoms with van der Waals surface area (Å²) in [7, 11) is 0. The normalized spacial score (nSPS) is 12.4. The summed E-state index contributed by atoms with van der Waals surface area (Å²) in [6.07, 6.45) is -0.167. The Bertz CT molecular complexity index is 556. The van der Waals surface area contributed by atoms with Crippen molar-refractivity contribution < 1.29 is 9.53 Å². The number of nitrogens with one attached hydrogen (secondary N) is 1. The molecule has 0 fully saturated rings. The van der Waals surface area contributed by atoms with E-state index in [0.29, 0.717) is 12.6 Å². The van der Waals surface area contributed by atoms with Crippen molar-refractivity contribution in [2.45, 2.75) is 38.8 Å². The van der Waals surface area contributed by atoms with Crippen molar-refractivity contribution in [3.8, 4) is 0 Å². The Balaban J connectivity index is 2.16. The van der Waals surface area contributed by atoms with Crippen LogP contribution < -0.4 is 5.32 Å². The molecule has 1 N–H and O–H groups in total. The van der Waals surface area contributed by atoms with Crippen LogP contribution in [0.2, 0.25) is 0 Å². The van der Waals surface area contributed by atoms with E-state index in [4.69, 9.17) is 4.74 Å². The lowest BCUT2D eigenvalue weighted by Gasteiger charge is -2.21. The van der Waals surface area contributed by atoms with Crippen LogP contribution in [0.1, 0.15) is 37.8 Å². The molecule has 0 saturated carbocycles. The molecular weight excluding hydrogens is 286 g/mol. The molecule has 0 saturated heterocycles. The zero-order chi connectivity index (χ0) is 16.7. The van der Waals surface area contributed by atoms with E-state index >= 15 is 0 Å². The summed E-state index contributed by atoms with van der Waals surface area (Å²) in [6, 6.07) is 19.9. The van der Waals surface area contributed by atoms with Crippen molar-refractivity contribution in [1.29, 1.82) is 0 Å². The molecule has 0 aliphatic heterocycles. The monoisotopic (exact) mass is 311 g/mol. The van der Waals surface area contributed by atoms with Crippen LogP contribution in [0.5, 0.6) is 0 Å². The third kappa shape index (κ3) is 5.22. The molecule has 1 atom stereocenters. The van der Waals surface area contributed by atoms with Gasteiger partial charge in [-0.15, -0.1) is 0 Å². The van der Waals surface area contributed by atoms with Crippen LogP contribution in [0.3, 0.4) is 0 Å². The maximum Gasteiger partial charge on any atom is 0.318 e. The summed E-state index contributed by atoms with van der Waals surface area (Å²) in [5, 5.41) is 3.29. The number of ether oxygens (including phenoxy) is 1.